The maximum Gasteiger partial charge on any atom is 0.0621 e. The minimum atomic E-state index is 0.631. The highest BCUT2D eigenvalue weighted by Gasteiger charge is 2.12. The lowest BCUT2D eigenvalue weighted by molar-refractivity contribution is 0.883. The zero-order chi connectivity index (χ0) is 13.4. The largest absolute Gasteiger partial charge is 0.198 e. The van der Waals surface area contributed by atoms with Crippen LogP contribution in [0.4, 0.5) is 0 Å². The van der Waals surface area contributed by atoms with Crippen molar-refractivity contribution < 1.29 is 0 Å². The fourth-order valence-electron chi connectivity index (χ4n) is 2.17. The summed E-state index contributed by atoms with van der Waals surface area (Å²) in [5.74, 6) is 0. The zero-order valence-electron chi connectivity index (χ0n) is 11.4. The van der Waals surface area contributed by atoms with Crippen LogP contribution in [0.2, 0.25) is 0 Å². The lowest BCUT2D eigenvalue weighted by atomic mass is 9.86. The molecule has 0 fully saturated rings. The van der Waals surface area contributed by atoms with Gasteiger partial charge in [0.05, 0.1) is 6.07 Å². The highest BCUT2D eigenvalue weighted by atomic mass is 14.2. The first-order valence-electron chi connectivity index (χ1n) is 6.65. The first-order valence-corrected chi connectivity index (χ1v) is 6.65. The molecule has 2 rings (SSSR count). The Morgan fingerprint density at radius 2 is 2.00 bits per heavy atom. The predicted octanol–water partition coefficient (Wildman–Crippen LogP) is 4.90. The number of benzene rings is 1. The van der Waals surface area contributed by atoms with Crippen LogP contribution in [0.25, 0.3) is 5.57 Å². The number of fused-ring (bicyclic) bond motifs is 1. The third-order valence-corrected chi connectivity index (χ3v) is 2.89. The third-order valence-electron chi connectivity index (χ3n) is 2.89. The summed E-state index contributed by atoms with van der Waals surface area (Å²) in [5.41, 5.74) is 5.21. The van der Waals surface area contributed by atoms with Crippen molar-refractivity contribution in [2.24, 2.45) is 0 Å². The Bertz CT molecular complexity index is 475. The van der Waals surface area contributed by atoms with Gasteiger partial charge in [-0.25, -0.2) is 0 Å². The molecule has 18 heavy (non-hydrogen) atoms. The fraction of sp³-hybridized carbons (Fsp3) is 0.353. The van der Waals surface area contributed by atoms with Gasteiger partial charge in [-0.3, -0.25) is 0 Å². The van der Waals surface area contributed by atoms with Gasteiger partial charge in [-0.2, -0.15) is 5.26 Å². The van der Waals surface area contributed by atoms with E-state index < -0.39 is 0 Å². The molecule has 1 aromatic carbocycles. The van der Waals surface area contributed by atoms with Gasteiger partial charge in [-0.1, -0.05) is 56.3 Å². The van der Waals surface area contributed by atoms with E-state index >= 15 is 0 Å². The zero-order valence-corrected chi connectivity index (χ0v) is 11.4. The van der Waals surface area contributed by atoms with Crippen LogP contribution >= 0.6 is 0 Å². The number of allylic oxidation sites excluding steroid dienone is 3. The van der Waals surface area contributed by atoms with Crippen molar-refractivity contribution in [1.29, 1.82) is 5.26 Å². The molecule has 0 amide bonds. The molecule has 0 saturated heterocycles. The van der Waals surface area contributed by atoms with Crippen molar-refractivity contribution >= 4 is 5.57 Å². The number of nitrogens with zero attached hydrogens (tertiary/aromatic N) is 1. The van der Waals surface area contributed by atoms with Crippen LogP contribution in [-0.2, 0) is 6.42 Å². The topological polar surface area (TPSA) is 23.8 Å². The molecule has 1 aromatic rings. The molecular formula is C17H21N. The first-order chi connectivity index (χ1) is 8.81. The number of unbranched alkanes of at least 4 members (excludes halogenated alkanes) is 1. The van der Waals surface area contributed by atoms with E-state index in [1.807, 2.05) is 13.8 Å². The van der Waals surface area contributed by atoms with Crippen molar-refractivity contribution in [3.8, 4) is 6.07 Å². The maximum atomic E-state index is 8.56. The Hall–Kier alpha value is -1.81. The van der Waals surface area contributed by atoms with Crippen LogP contribution in [0.15, 0.2) is 42.5 Å². The molecule has 1 heteroatoms. The molecule has 94 valence electrons. The summed E-state index contributed by atoms with van der Waals surface area (Å²) in [6, 6.07) is 10.7. The van der Waals surface area contributed by atoms with Crippen LogP contribution in [0.3, 0.4) is 0 Å². The van der Waals surface area contributed by atoms with Gasteiger partial charge in [-0.05, 0) is 36.0 Å². The highest BCUT2D eigenvalue weighted by Crippen LogP contribution is 2.31. The number of nitriles is 1. The normalized spacial score (nSPS) is 12.7. The molecule has 1 nitrogen and oxygen atoms in total. The quantitative estimate of drug-likeness (QED) is 0.688. The van der Waals surface area contributed by atoms with E-state index in [0.29, 0.717) is 6.42 Å². The maximum absolute atomic E-state index is 8.56. The average Bonchev–Trinajstić information content (AvgIpc) is 2.41. The highest BCUT2D eigenvalue weighted by molar-refractivity contribution is 5.73. The van der Waals surface area contributed by atoms with Crippen molar-refractivity contribution in [3.63, 3.8) is 0 Å². The third kappa shape index (κ3) is 3.60. The van der Waals surface area contributed by atoms with Crippen LogP contribution in [0, 0.1) is 11.3 Å². The summed E-state index contributed by atoms with van der Waals surface area (Å²) in [4.78, 5) is 0. The predicted molar refractivity (Wildman–Crippen MR) is 78.1 cm³/mol. The van der Waals surface area contributed by atoms with Gasteiger partial charge in [-0.15, -0.1) is 0 Å². The summed E-state index contributed by atoms with van der Waals surface area (Å²) in [7, 11) is 0. The summed E-state index contributed by atoms with van der Waals surface area (Å²) in [6.45, 7) is 8.05. The summed E-state index contributed by atoms with van der Waals surface area (Å²) < 4.78 is 0. The van der Waals surface area contributed by atoms with Gasteiger partial charge in [0.1, 0.15) is 0 Å². The van der Waals surface area contributed by atoms with E-state index in [9.17, 15) is 0 Å². The molecule has 0 spiro atoms. The Kier molecular flexibility index (Phi) is 5.94. The molecule has 1 aliphatic carbocycles. The first kappa shape index (κ1) is 14.3. The molecule has 0 bridgehead atoms. The Morgan fingerprint density at radius 3 is 2.72 bits per heavy atom. The lowest BCUT2D eigenvalue weighted by Crippen LogP contribution is -2.01. The molecule has 1 aliphatic rings. The molecule has 0 heterocycles. The summed E-state index contributed by atoms with van der Waals surface area (Å²) in [5, 5.41) is 8.56. The second-order valence-electron chi connectivity index (χ2n) is 4.17. The molecule has 0 unspecified atom stereocenters. The van der Waals surface area contributed by atoms with Crippen molar-refractivity contribution in [2.75, 3.05) is 0 Å². The molecule has 0 radical (unpaired) electrons. The second kappa shape index (κ2) is 7.50. The van der Waals surface area contributed by atoms with Crippen molar-refractivity contribution in [2.45, 2.75) is 39.5 Å². The second-order valence-corrected chi connectivity index (χ2v) is 4.17. The van der Waals surface area contributed by atoms with E-state index in [4.69, 9.17) is 5.26 Å². The van der Waals surface area contributed by atoms with E-state index in [2.05, 4.69) is 43.0 Å². The van der Waals surface area contributed by atoms with Gasteiger partial charge in [0.15, 0.2) is 0 Å². The van der Waals surface area contributed by atoms with Gasteiger partial charge < -0.3 is 0 Å². The van der Waals surface area contributed by atoms with E-state index in [1.165, 1.54) is 22.3 Å². The molecule has 0 N–H and O–H groups in total. The van der Waals surface area contributed by atoms with Crippen LogP contribution in [0.5, 0.6) is 0 Å². The van der Waals surface area contributed by atoms with Gasteiger partial charge >= 0.3 is 0 Å². The van der Waals surface area contributed by atoms with Gasteiger partial charge in [0, 0.05) is 6.42 Å². The minimum absolute atomic E-state index is 0.631. The Balaban J connectivity index is 0.000000771. The van der Waals surface area contributed by atoms with E-state index in [0.717, 1.165) is 19.3 Å². The van der Waals surface area contributed by atoms with Crippen molar-refractivity contribution in [3.05, 3.63) is 53.6 Å². The minimum Gasteiger partial charge on any atom is -0.198 e. The van der Waals surface area contributed by atoms with Crippen molar-refractivity contribution in [1.82, 2.24) is 0 Å². The van der Waals surface area contributed by atoms with Crippen LogP contribution in [0.1, 0.15) is 44.2 Å². The molecule has 0 aromatic heterocycles. The average molecular weight is 239 g/mol. The molecular weight excluding hydrogens is 218 g/mol. The Morgan fingerprint density at radius 1 is 1.28 bits per heavy atom. The van der Waals surface area contributed by atoms with E-state index in [1.54, 1.807) is 0 Å². The van der Waals surface area contributed by atoms with E-state index in [-0.39, 0.29) is 0 Å². The number of hydrogen-bond acceptors (Lipinski definition) is 1. The van der Waals surface area contributed by atoms with Crippen LogP contribution in [-0.4, -0.2) is 0 Å². The van der Waals surface area contributed by atoms with Gasteiger partial charge in [0.25, 0.3) is 0 Å². The van der Waals surface area contributed by atoms with Gasteiger partial charge in [0.2, 0.25) is 0 Å². The SMILES string of the molecule is C=C1C=C(CCCC#N)c2ccccc2C1.CC. The summed E-state index contributed by atoms with van der Waals surface area (Å²) in [6.07, 6.45) is 5.68. The lowest BCUT2D eigenvalue weighted by Gasteiger charge is -2.18. The fourth-order valence-corrected chi connectivity index (χ4v) is 2.17. The Labute approximate surface area is 110 Å². The standard InChI is InChI=1S/C15H15N.C2H6/c1-12-10-13-6-2-3-8-15(13)14(11-12)7-4-5-9-16;1-2/h2-3,6,8,11H,1,4-5,7,10H2;1-2H3. The number of hydrogen-bond donors (Lipinski definition) is 0. The number of rotatable bonds is 3. The summed E-state index contributed by atoms with van der Waals surface area (Å²) >= 11 is 0. The molecule has 0 atom stereocenters. The monoisotopic (exact) mass is 239 g/mol. The molecule has 0 saturated carbocycles. The van der Waals surface area contributed by atoms with Crippen LogP contribution < -0.4 is 0 Å². The molecule has 0 aliphatic heterocycles. The smallest absolute Gasteiger partial charge is 0.0621 e.